The van der Waals surface area contributed by atoms with Crippen LogP contribution >= 0.6 is 0 Å². The zero-order valence-electron chi connectivity index (χ0n) is 12.5. The fourth-order valence-electron chi connectivity index (χ4n) is 2.65. The van der Waals surface area contributed by atoms with Gasteiger partial charge in [0.05, 0.1) is 6.20 Å². The molecule has 1 N–H and O–H groups in total. The Morgan fingerprint density at radius 3 is 2.43 bits per heavy atom. The van der Waals surface area contributed by atoms with Crippen LogP contribution in [0.4, 0.5) is 4.79 Å². The Hall–Kier alpha value is -2.18. The van der Waals surface area contributed by atoms with Crippen LogP contribution in [0.2, 0.25) is 0 Å². The van der Waals surface area contributed by atoms with Gasteiger partial charge in [-0.3, -0.25) is 24.5 Å². The first kappa shape index (κ1) is 15.2. The molecule has 2 rings (SSSR count). The highest BCUT2D eigenvalue weighted by Gasteiger charge is 2.51. The number of urea groups is 1. The molecule has 0 saturated carbocycles. The molecule has 7 nitrogen and oxygen atoms in total. The fraction of sp³-hybridized carbons (Fsp3) is 0.571. The van der Waals surface area contributed by atoms with Gasteiger partial charge in [0.2, 0.25) is 11.8 Å². The third-order valence-electron chi connectivity index (χ3n) is 4.14. The molecule has 0 unspecified atom stereocenters. The molecule has 0 bridgehead atoms. The number of hydrogen-bond donors (Lipinski definition) is 1. The van der Waals surface area contributed by atoms with E-state index in [9.17, 15) is 14.4 Å². The van der Waals surface area contributed by atoms with E-state index in [4.69, 9.17) is 0 Å². The molecule has 114 valence electrons. The van der Waals surface area contributed by atoms with Crippen LogP contribution < -0.4 is 5.32 Å². The highest BCUT2D eigenvalue weighted by atomic mass is 16.2. The summed E-state index contributed by atoms with van der Waals surface area (Å²) in [5.74, 6) is -0.884. The maximum Gasteiger partial charge on any atom is 0.330 e. The van der Waals surface area contributed by atoms with Gasteiger partial charge in [0.15, 0.2) is 0 Å². The van der Waals surface area contributed by atoms with Gasteiger partial charge in [-0.25, -0.2) is 4.79 Å². The van der Waals surface area contributed by atoms with Crippen LogP contribution in [0.25, 0.3) is 0 Å². The van der Waals surface area contributed by atoms with E-state index in [1.54, 1.807) is 31.8 Å². The molecule has 0 radical (unpaired) electrons. The van der Waals surface area contributed by atoms with Crippen LogP contribution in [-0.4, -0.2) is 39.1 Å². The maximum atomic E-state index is 12.6. The number of imide groups is 2. The third-order valence-corrected chi connectivity index (χ3v) is 4.14. The van der Waals surface area contributed by atoms with Crippen LogP contribution in [0.5, 0.6) is 0 Å². The monoisotopic (exact) mass is 292 g/mol. The van der Waals surface area contributed by atoms with Crippen LogP contribution in [0.15, 0.2) is 12.4 Å². The Morgan fingerprint density at radius 2 is 1.90 bits per heavy atom. The average molecular weight is 292 g/mol. The molecule has 1 aliphatic rings. The summed E-state index contributed by atoms with van der Waals surface area (Å²) in [5.41, 5.74) is -0.184. The van der Waals surface area contributed by atoms with E-state index in [-0.39, 0.29) is 6.54 Å². The molecular formula is C14H20N4O3. The van der Waals surface area contributed by atoms with E-state index in [1.165, 1.54) is 0 Å². The van der Waals surface area contributed by atoms with Gasteiger partial charge in [-0.2, -0.15) is 5.10 Å². The number of barbiturate groups is 1. The lowest BCUT2D eigenvalue weighted by molar-refractivity contribution is -0.152. The van der Waals surface area contributed by atoms with Crippen molar-refractivity contribution in [2.75, 3.05) is 6.54 Å². The van der Waals surface area contributed by atoms with Crippen LogP contribution in [0.1, 0.15) is 32.3 Å². The number of rotatable bonds is 5. The zero-order valence-corrected chi connectivity index (χ0v) is 12.5. The van der Waals surface area contributed by atoms with Gasteiger partial charge >= 0.3 is 6.03 Å². The van der Waals surface area contributed by atoms with Crippen molar-refractivity contribution in [1.82, 2.24) is 20.0 Å². The summed E-state index contributed by atoms with van der Waals surface area (Å²) >= 11 is 0. The number of nitrogens with zero attached hydrogens (tertiary/aromatic N) is 3. The summed E-state index contributed by atoms with van der Waals surface area (Å²) in [4.78, 5) is 37.7. The molecule has 1 aromatic heterocycles. The standard InChI is InChI=1S/C14H20N4O3/c1-4-14(5-2)11(19)16-13(21)18(12(14)20)7-6-10-8-15-17(3)9-10/h8-9H,4-7H2,1-3H3,(H,16,19,21). The third kappa shape index (κ3) is 2.55. The minimum atomic E-state index is -1.12. The van der Waals surface area contributed by atoms with Crippen molar-refractivity contribution >= 4 is 17.8 Å². The molecule has 1 fully saturated rings. The first-order valence-corrected chi connectivity index (χ1v) is 7.09. The summed E-state index contributed by atoms with van der Waals surface area (Å²) in [7, 11) is 1.81. The smallest absolute Gasteiger partial charge is 0.277 e. The minimum Gasteiger partial charge on any atom is -0.277 e. The molecule has 1 saturated heterocycles. The number of carbonyl (C=O) groups excluding carboxylic acids is 3. The minimum absolute atomic E-state index is 0.241. The fourth-order valence-corrected chi connectivity index (χ4v) is 2.65. The quantitative estimate of drug-likeness (QED) is 0.815. The summed E-state index contributed by atoms with van der Waals surface area (Å²) in [6.45, 7) is 3.82. The number of amides is 4. The van der Waals surface area contributed by atoms with E-state index in [0.29, 0.717) is 19.3 Å². The molecule has 1 aromatic rings. The molecule has 4 amide bonds. The number of aryl methyl sites for hydroxylation is 1. The van der Waals surface area contributed by atoms with Crippen molar-refractivity contribution in [2.45, 2.75) is 33.1 Å². The Balaban J connectivity index is 2.16. The zero-order chi connectivity index (χ0) is 15.6. The highest BCUT2D eigenvalue weighted by molar-refractivity contribution is 6.19. The van der Waals surface area contributed by atoms with Crippen molar-refractivity contribution in [3.05, 3.63) is 18.0 Å². The van der Waals surface area contributed by atoms with Crippen LogP contribution in [0.3, 0.4) is 0 Å². The Bertz CT molecular complexity index is 575. The Kier molecular flexibility index (Phi) is 4.11. The molecule has 21 heavy (non-hydrogen) atoms. The van der Waals surface area contributed by atoms with Crippen LogP contribution in [0, 0.1) is 5.41 Å². The first-order chi connectivity index (χ1) is 9.94. The van der Waals surface area contributed by atoms with Gasteiger partial charge < -0.3 is 0 Å². The topological polar surface area (TPSA) is 84.3 Å². The number of nitrogens with one attached hydrogen (secondary N) is 1. The number of carbonyl (C=O) groups is 3. The van der Waals surface area contributed by atoms with E-state index in [0.717, 1.165) is 10.5 Å². The van der Waals surface area contributed by atoms with Gasteiger partial charge in [-0.05, 0) is 24.8 Å². The largest absolute Gasteiger partial charge is 0.330 e. The average Bonchev–Trinajstić information content (AvgIpc) is 2.85. The molecule has 7 heteroatoms. The van der Waals surface area contributed by atoms with Gasteiger partial charge in [-0.1, -0.05) is 13.8 Å². The van der Waals surface area contributed by atoms with Crippen molar-refractivity contribution in [1.29, 1.82) is 0 Å². The molecule has 0 aromatic carbocycles. The van der Waals surface area contributed by atoms with Gasteiger partial charge in [0.25, 0.3) is 0 Å². The molecule has 2 heterocycles. The lowest BCUT2D eigenvalue weighted by atomic mass is 9.78. The highest BCUT2D eigenvalue weighted by Crippen LogP contribution is 2.32. The van der Waals surface area contributed by atoms with Crippen LogP contribution in [-0.2, 0) is 23.1 Å². The normalized spacial score (nSPS) is 18.0. The van der Waals surface area contributed by atoms with Crippen molar-refractivity contribution in [2.24, 2.45) is 12.5 Å². The second kappa shape index (κ2) is 5.67. The number of aromatic nitrogens is 2. The van der Waals surface area contributed by atoms with E-state index in [2.05, 4.69) is 10.4 Å². The molecule has 0 aliphatic carbocycles. The van der Waals surface area contributed by atoms with Gasteiger partial charge in [0.1, 0.15) is 5.41 Å². The summed E-state index contributed by atoms with van der Waals surface area (Å²) in [6, 6.07) is -0.633. The second-order valence-electron chi connectivity index (χ2n) is 5.28. The summed E-state index contributed by atoms with van der Waals surface area (Å²) < 4.78 is 1.67. The number of hydrogen-bond acceptors (Lipinski definition) is 4. The van der Waals surface area contributed by atoms with Crippen molar-refractivity contribution < 1.29 is 14.4 Å². The predicted molar refractivity (Wildman–Crippen MR) is 75.2 cm³/mol. The predicted octanol–water partition coefficient (Wildman–Crippen LogP) is 0.847. The SMILES string of the molecule is CCC1(CC)C(=O)NC(=O)N(CCc2cnn(C)c2)C1=O. The molecule has 0 spiro atoms. The van der Waals surface area contributed by atoms with E-state index < -0.39 is 23.3 Å². The van der Waals surface area contributed by atoms with Crippen molar-refractivity contribution in [3.63, 3.8) is 0 Å². The Morgan fingerprint density at radius 1 is 1.24 bits per heavy atom. The molecular weight excluding hydrogens is 272 g/mol. The van der Waals surface area contributed by atoms with E-state index >= 15 is 0 Å². The van der Waals surface area contributed by atoms with Gasteiger partial charge in [0, 0.05) is 19.8 Å². The molecule has 0 atom stereocenters. The van der Waals surface area contributed by atoms with Gasteiger partial charge in [-0.15, -0.1) is 0 Å². The molecule has 1 aliphatic heterocycles. The summed E-state index contributed by atoms with van der Waals surface area (Å²) in [5, 5.41) is 6.35. The maximum absolute atomic E-state index is 12.6. The lowest BCUT2D eigenvalue weighted by Gasteiger charge is -2.38. The first-order valence-electron chi connectivity index (χ1n) is 7.09. The summed E-state index contributed by atoms with van der Waals surface area (Å²) in [6.07, 6.45) is 4.81. The lowest BCUT2D eigenvalue weighted by Crippen LogP contribution is -2.63. The van der Waals surface area contributed by atoms with Crippen molar-refractivity contribution in [3.8, 4) is 0 Å². The second-order valence-corrected chi connectivity index (χ2v) is 5.28. The Labute approximate surface area is 123 Å². The van der Waals surface area contributed by atoms with E-state index in [1.807, 2.05) is 6.20 Å².